The second-order valence-corrected chi connectivity index (χ2v) is 5.49. The van der Waals surface area contributed by atoms with Crippen molar-refractivity contribution in [3.8, 4) is 11.8 Å². The average molecular weight is 308 g/mol. The number of amides is 1. The summed E-state index contributed by atoms with van der Waals surface area (Å²) in [7, 11) is 0. The highest BCUT2D eigenvalue weighted by Gasteiger charge is 2.28. The third-order valence-corrected chi connectivity index (χ3v) is 3.67. The molecule has 2 N–H and O–H groups in total. The topological polar surface area (TPSA) is 92.2 Å². The van der Waals surface area contributed by atoms with Gasteiger partial charge in [0, 0.05) is 31.9 Å². The Balaban J connectivity index is 1.52. The van der Waals surface area contributed by atoms with Gasteiger partial charge in [-0.15, -0.1) is 0 Å². The van der Waals surface area contributed by atoms with Crippen LogP contribution in [0.5, 0.6) is 5.75 Å². The number of carbonyl (C=O) groups is 1. The maximum atomic E-state index is 11.1. The first-order chi connectivity index (χ1) is 11.1. The summed E-state index contributed by atoms with van der Waals surface area (Å²) in [5.74, 6) is 0.0352. The summed E-state index contributed by atoms with van der Waals surface area (Å²) < 4.78 is 5.81. The number of hydrogen-bond acceptors (Lipinski definition) is 5. The predicted octanol–water partition coefficient (Wildman–Crippen LogP) is 1.32. The number of ether oxygens (including phenoxy) is 1. The zero-order chi connectivity index (χ0) is 16.2. The molecular weight excluding hydrogens is 292 g/mol. The zero-order valence-electron chi connectivity index (χ0n) is 12.5. The fraction of sp³-hybridized carbons (Fsp3) is 0.235. The second kappa shape index (κ2) is 6.46. The summed E-state index contributed by atoms with van der Waals surface area (Å²) in [6.45, 7) is 2.38. The van der Waals surface area contributed by atoms with Crippen LogP contribution in [-0.4, -0.2) is 35.0 Å². The molecule has 0 saturated carbocycles. The monoisotopic (exact) mass is 308 g/mol. The summed E-state index contributed by atoms with van der Waals surface area (Å²) in [6, 6.07) is 13.0. The van der Waals surface area contributed by atoms with E-state index in [0.29, 0.717) is 11.3 Å². The zero-order valence-corrected chi connectivity index (χ0v) is 12.5. The van der Waals surface area contributed by atoms with Crippen LogP contribution in [0.15, 0.2) is 42.6 Å². The van der Waals surface area contributed by atoms with E-state index in [2.05, 4.69) is 16.0 Å². The lowest BCUT2D eigenvalue weighted by Gasteiger charge is -2.39. The number of nitrogens with zero attached hydrogens (tertiary/aromatic N) is 3. The Labute approximate surface area is 134 Å². The molecule has 6 nitrogen and oxygen atoms in total. The first-order valence-electron chi connectivity index (χ1n) is 7.28. The van der Waals surface area contributed by atoms with Gasteiger partial charge in [-0.3, -0.25) is 14.7 Å². The lowest BCUT2D eigenvalue weighted by molar-refractivity contribution is 0.0145. The van der Waals surface area contributed by atoms with E-state index in [0.717, 1.165) is 25.2 Å². The summed E-state index contributed by atoms with van der Waals surface area (Å²) in [5, 5.41) is 8.91. The van der Waals surface area contributed by atoms with Gasteiger partial charge in [0.05, 0.1) is 11.6 Å². The normalized spacial score (nSPS) is 14.7. The summed E-state index contributed by atoms with van der Waals surface area (Å²) in [5.41, 5.74) is 7.19. The highest BCUT2D eigenvalue weighted by molar-refractivity contribution is 5.91. The Bertz CT molecular complexity index is 763. The van der Waals surface area contributed by atoms with Crippen molar-refractivity contribution < 1.29 is 9.53 Å². The number of aromatic nitrogens is 1. The number of primary amides is 1. The molecule has 1 aliphatic heterocycles. The summed E-state index contributed by atoms with van der Waals surface area (Å²) >= 11 is 0. The Morgan fingerprint density at radius 1 is 1.39 bits per heavy atom. The molecule has 1 aliphatic rings. The molecule has 6 heteroatoms. The van der Waals surface area contributed by atoms with Crippen molar-refractivity contribution in [2.45, 2.75) is 12.6 Å². The summed E-state index contributed by atoms with van der Waals surface area (Å²) in [6.07, 6.45) is 1.59. The Morgan fingerprint density at radius 2 is 2.22 bits per heavy atom. The fourth-order valence-corrected chi connectivity index (χ4v) is 2.54. The molecule has 23 heavy (non-hydrogen) atoms. The highest BCUT2D eigenvalue weighted by atomic mass is 16.5. The van der Waals surface area contributed by atoms with E-state index >= 15 is 0 Å². The van der Waals surface area contributed by atoms with Gasteiger partial charge in [-0.1, -0.05) is 12.1 Å². The molecule has 0 atom stereocenters. The number of carbonyl (C=O) groups excluding carboxylic acids is 1. The van der Waals surface area contributed by atoms with Gasteiger partial charge in [0.15, 0.2) is 0 Å². The molecule has 1 fully saturated rings. The summed E-state index contributed by atoms with van der Waals surface area (Å²) in [4.78, 5) is 17.2. The minimum Gasteiger partial charge on any atom is -0.488 e. The average Bonchev–Trinajstić information content (AvgIpc) is 2.53. The van der Waals surface area contributed by atoms with Crippen LogP contribution in [0, 0.1) is 11.3 Å². The molecule has 2 heterocycles. The number of pyridine rings is 1. The fourth-order valence-electron chi connectivity index (χ4n) is 2.54. The Hall–Kier alpha value is -2.91. The molecule has 0 unspecified atom stereocenters. The van der Waals surface area contributed by atoms with Gasteiger partial charge in [-0.25, -0.2) is 0 Å². The standard InChI is InChI=1S/C17H16N4O2/c18-8-12-2-1-3-13(6-12)9-21-10-15(11-21)23-14-4-5-20-16(7-14)17(19)22/h1-7,15H,9-11H2,(H2,19,22). The molecule has 0 spiro atoms. The second-order valence-electron chi connectivity index (χ2n) is 5.49. The van der Waals surface area contributed by atoms with Crippen molar-refractivity contribution in [3.05, 3.63) is 59.4 Å². The minimum absolute atomic E-state index is 0.0808. The molecule has 0 bridgehead atoms. The van der Waals surface area contributed by atoms with Crippen molar-refractivity contribution in [3.63, 3.8) is 0 Å². The van der Waals surface area contributed by atoms with Crippen LogP contribution in [0.4, 0.5) is 0 Å². The van der Waals surface area contributed by atoms with Crippen LogP contribution in [0.3, 0.4) is 0 Å². The quantitative estimate of drug-likeness (QED) is 0.899. The maximum Gasteiger partial charge on any atom is 0.267 e. The maximum absolute atomic E-state index is 11.1. The van der Waals surface area contributed by atoms with E-state index < -0.39 is 5.91 Å². The highest BCUT2D eigenvalue weighted by Crippen LogP contribution is 2.20. The first kappa shape index (κ1) is 15.0. The Morgan fingerprint density at radius 3 is 2.96 bits per heavy atom. The number of nitrogens with two attached hydrogens (primary N) is 1. The number of likely N-dealkylation sites (tertiary alicyclic amines) is 1. The molecule has 2 aromatic rings. The van der Waals surface area contributed by atoms with Crippen LogP contribution in [-0.2, 0) is 6.54 Å². The number of benzene rings is 1. The van der Waals surface area contributed by atoms with Crippen molar-refractivity contribution in [1.29, 1.82) is 5.26 Å². The van der Waals surface area contributed by atoms with Gasteiger partial charge in [0.2, 0.25) is 0 Å². The number of rotatable bonds is 5. The largest absolute Gasteiger partial charge is 0.488 e. The van der Waals surface area contributed by atoms with E-state index in [1.165, 1.54) is 6.20 Å². The van der Waals surface area contributed by atoms with E-state index in [4.69, 9.17) is 15.7 Å². The molecule has 1 aromatic heterocycles. The molecule has 3 rings (SSSR count). The van der Waals surface area contributed by atoms with Crippen LogP contribution in [0.25, 0.3) is 0 Å². The van der Waals surface area contributed by atoms with Gasteiger partial charge in [-0.05, 0) is 23.8 Å². The van der Waals surface area contributed by atoms with Crippen LogP contribution >= 0.6 is 0 Å². The lowest BCUT2D eigenvalue weighted by atomic mass is 10.1. The van der Waals surface area contributed by atoms with Crippen LogP contribution in [0.2, 0.25) is 0 Å². The number of nitriles is 1. The molecule has 1 amide bonds. The minimum atomic E-state index is -0.567. The van der Waals surface area contributed by atoms with Gasteiger partial charge < -0.3 is 10.5 Å². The Kier molecular flexibility index (Phi) is 4.22. The molecule has 116 valence electrons. The van der Waals surface area contributed by atoms with E-state index in [-0.39, 0.29) is 11.8 Å². The first-order valence-corrected chi connectivity index (χ1v) is 7.28. The van der Waals surface area contributed by atoms with Gasteiger partial charge in [0.25, 0.3) is 5.91 Å². The third kappa shape index (κ3) is 3.65. The van der Waals surface area contributed by atoms with Gasteiger partial charge in [-0.2, -0.15) is 5.26 Å². The molecule has 1 saturated heterocycles. The van der Waals surface area contributed by atoms with Crippen LogP contribution in [0.1, 0.15) is 21.6 Å². The molecule has 1 aromatic carbocycles. The molecular formula is C17H16N4O2. The van der Waals surface area contributed by atoms with Crippen molar-refractivity contribution in [1.82, 2.24) is 9.88 Å². The van der Waals surface area contributed by atoms with Crippen LogP contribution < -0.4 is 10.5 Å². The van der Waals surface area contributed by atoms with E-state index in [9.17, 15) is 4.79 Å². The van der Waals surface area contributed by atoms with E-state index in [1.807, 2.05) is 18.2 Å². The predicted molar refractivity (Wildman–Crippen MR) is 83.6 cm³/mol. The van der Waals surface area contributed by atoms with Crippen molar-refractivity contribution in [2.24, 2.45) is 5.73 Å². The lowest BCUT2D eigenvalue weighted by Crippen LogP contribution is -2.53. The van der Waals surface area contributed by atoms with Gasteiger partial charge >= 0.3 is 0 Å². The molecule has 0 aliphatic carbocycles. The molecule has 0 radical (unpaired) electrons. The van der Waals surface area contributed by atoms with Crippen molar-refractivity contribution >= 4 is 5.91 Å². The van der Waals surface area contributed by atoms with Crippen molar-refractivity contribution in [2.75, 3.05) is 13.1 Å². The van der Waals surface area contributed by atoms with E-state index in [1.54, 1.807) is 18.2 Å². The number of hydrogen-bond donors (Lipinski definition) is 1. The van der Waals surface area contributed by atoms with Gasteiger partial charge in [0.1, 0.15) is 17.5 Å². The SMILES string of the molecule is N#Cc1cccc(CN2CC(Oc3ccnc(C(N)=O)c3)C2)c1. The third-order valence-electron chi connectivity index (χ3n) is 3.67. The smallest absolute Gasteiger partial charge is 0.267 e.